The number of hydrogen-bond donors (Lipinski definition) is 2. The number of nitrogens with zero attached hydrogens (tertiary/aromatic N) is 3. The number of nitrogens with one attached hydrogen (secondary N) is 1. The van der Waals surface area contributed by atoms with Gasteiger partial charge in [-0.1, -0.05) is 0 Å². The Morgan fingerprint density at radius 3 is 2.63 bits per heavy atom. The zero-order valence-corrected chi connectivity index (χ0v) is 12.8. The highest BCUT2D eigenvalue weighted by Crippen LogP contribution is 2.20. The van der Waals surface area contributed by atoms with Crippen LogP contribution in [0.25, 0.3) is 0 Å². The van der Waals surface area contributed by atoms with Crippen LogP contribution in [0.15, 0.2) is 15.6 Å². The first-order valence-electron chi connectivity index (χ1n) is 6.30. The Hall–Kier alpha value is -0.920. The van der Waals surface area contributed by atoms with Gasteiger partial charge in [-0.3, -0.25) is 9.69 Å². The van der Waals surface area contributed by atoms with Gasteiger partial charge in [0.05, 0.1) is 11.9 Å². The van der Waals surface area contributed by atoms with E-state index in [0.29, 0.717) is 16.8 Å². The van der Waals surface area contributed by atoms with Crippen molar-refractivity contribution in [3.63, 3.8) is 0 Å². The van der Waals surface area contributed by atoms with Crippen molar-refractivity contribution in [3.8, 4) is 0 Å². The van der Waals surface area contributed by atoms with Gasteiger partial charge in [0, 0.05) is 32.7 Å². The van der Waals surface area contributed by atoms with Crippen molar-refractivity contribution >= 4 is 21.7 Å². The summed E-state index contributed by atoms with van der Waals surface area (Å²) in [5, 5.41) is 9.81. The Kier molecular flexibility index (Phi) is 4.27. The summed E-state index contributed by atoms with van der Waals surface area (Å²) < 4.78 is 0.478. The molecule has 1 aliphatic heterocycles. The Morgan fingerprint density at radius 1 is 1.42 bits per heavy atom. The lowest BCUT2D eigenvalue weighted by atomic mass is 10.1. The molecule has 2 heterocycles. The second kappa shape index (κ2) is 5.60. The van der Waals surface area contributed by atoms with E-state index in [2.05, 4.69) is 35.7 Å². The molecule has 1 aromatic rings. The van der Waals surface area contributed by atoms with Gasteiger partial charge in [0.15, 0.2) is 0 Å². The Bertz CT molecular complexity index is 489. The molecule has 106 valence electrons. The van der Waals surface area contributed by atoms with Crippen molar-refractivity contribution in [1.29, 1.82) is 0 Å². The first kappa shape index (κ1) is 14.5. The van der Waals surface area contributed by atoms with Gasteiger partial charge in [0.1, 0.15) is 10.3 Å². The molecule has 0 amide bonds. The van der Waals surface area contributed by atoms with Gasteiger partial charge in [0.25, 0.3) is 5.56 Å². The predicted octanol–water partition coefficient (Wildman–Crippen LogP) is 0.425. The first-order valence-corrected chi connectivity index (χ1v) is 7.09. The van der Waals surface area contributed by atoms with Crippen LogP contribution in [-0.4, -0.2) is 58.3 Å². The van der Waals surface area contributed by atoms with Crippen LogP contribution in [0.1, 0.15) is 13.8 Å². The number of H-pyrrole nitrogens is 1. The van der Waals surface area contributed by atoms with Gasteiger partial charge >= 0.3 is 0 Å². The molecule has 7 heteroatoms. The fourth-order valence-corrected chi connectivity index (χ4v) is 2.73. The van der Waals surface area contributed by atoms with Gasteiger partial charge in [-0.2, -0.15) is 0 Å². The Morgan fingerprint density at radius 2 is 2.05 bits per heavy atom. The molecular weight excluding hydrogens is 312 g/mol. The minimum absolute atomic E-state index is 0.163. The fraction of sp³-hybridized carbons (Fsp3) is 0.667. The van der Waals surface area contributed by atoms with E-state index in [1.807, 2.05) is 13.8 Å². The molecule has 0 aliphatic carbocycles. The first-order chi connectivity index (χ1) is 8.87. The van der Waals surface area contributed by atoms with Crippen molar-refractivity contribution in [2.75, 3.05) is 37.6 Å². The molecule has 2 N–H and O–H groups in total. The van der Waals surface area contributed by atoms with E-state index >= 15 is 0 Å². The van der Waals surface area contributed by atoms with Gasteiger partial charge < -0.3 is 15.0 Å². The average molecular weight is 331 g/mol. The lowest BCUT2D eigenvalue weighted by Crippen LogP contribution is -2.51. The molecule has 1 aliphatic rings. The van der Waals surface area contributed by atoms with Crippen molar-refractivity contribution in [2.45, 2.75) is 19.4 Å². The standard InChI is InChI=1S/C12H19BrN4O2/c1-12(2,19)7-16-3-5-17(6-4-16)10-9(13)11(18)15-8-14-10/h8,19H,3-7H2,1-2H3,(H,14,15,18). The van der Waals surface area contributed by atoms with E-state index in [4.69, 9.17) is 0 Å². The van der Waals surface area contributed by atoms with E-state index in [-0.39, 0.29) is 5.56 Å². The maximum absolute atomic E-state index is 11.5. The highest BCUT2D eigenvalue weighted by molar-refractivity contribution is 9.10. The summed E-state index contributed by atoms with van der Waals surface area (Å²) in [6.45, 7) is 7.58. The number of halogens is 1. The molecule has 1 saturated heterocycles. The zero-order valence-electron chi connectivity index (χ0n) is 11.2. The van der Waals surface area contributed by atoms with Crippen LogP contribution in [-0.2, 0) is 0 Å². The second-order valence-corrected chi connectivity index (χ2v) is 6.24. The molecule has 0 radical (unpaired) electrons. The van der Waals surface area contributed by atoms with Crippen LogP contribution in [0, 0.1) is 0 Å². The third kappa shape index (κ3) is 3.77. The lowest BCUT2D eigenvalue weighted by Gasteiger charge is -2.37. The lowest BCUT2D eigenvalue weighted by molar-refractivity contribution is 0.0344. The highest BCUT2D eigenvalue weighted by atomic mass is 79.9. The Balaban J connectivity index is 2.00. The molecular formula is C12H19BrN4O2. The maximum atomic E-state index is 11.5. The van der Waals surface area contributed by atoms with Crippen molar-refractivity contribution in [3.05, 3.63) is 21.2 Å². The fourth-order valence-electron chi connectivity index (χ4n) is 2.26. The van der Waals surface area contributed by atoms with Crippen LogP contribution in [0.4, 0.5) is 5.82 Å². The molecule has 1 aromatic heterocycles. The van der Waals surface area contributed by atoms with Crippen molar-refractivity contribution in [1.82, 2.24) is 14.9 Å². The molecule has 0 bridgehead atoms. The number of β-amino-alcohol motifs (C(OH)–C–C–N with tert-alkyl or cyclic N) is 1. The summed E-state index contributed by atoms with van der Waals surface area (Å²) >= 11 is 3.28. The van der Waals surface area contributed by atoms with E-state index in [0.717, 1.165) is 26.2 Å². The minimum atomic E-state index is -0.676. The Labute approximate surface area is 120 Å². The number of rotatable bonds is 3. The third-order valence-electron chi connectivity index (χ3n) is 3.06. The molecule has 0 atom stereocenters. The summed E-state index contributed by atoms with van der Waals surface area (Å²) in [5.74, 6) is 0.687. The van der Waals surface area contributed by atoms with E-state index < -0.39 is 5.60 Å². The molecule has 19 heavy (non-hydrogen) atoms. The molecule has 1 fully saturated rings. The van der Waals surface area contributed by atoms with E-state index in [9.17, 15) is 9.90 Å². The quantitative estimate of drug-likeness (QED) is 0.840. The minimum Gasteiger partial charge on any atom is -0.389 e. The summed E-state index contributed by atoms with van der Waals surface area (Å²) in [7, 11) is 0. The highest BCUT2D eigenvalue weighted by Gasteiger charge is 2.24. The van der Waals surface area contributed by atoms with E-state index in [1.165, 1.54) is 6.33 Å². The normalized spacial score (nSPS) is 17.8. The number of anilines is 1. The van der Waals surface area contributed by atoms with Crippen LogP contribution >= 0.6 is 15.9 Å². The topological polar surface area (TPSA) is 72.5 Å². The smallest absolute Gasteiger partial charge is 0.267 e. The summed E-state index contributed by atoms with van der Waals surface area (Å²) in [4.78, 5) is 22.6. The maximum Gasteiger partial charge on any atom is 0.267 e. The summed E-state index contributed by atoms with van der Waals surface area (Å²) in [6.07, 6.45) is 1.42. The van der Waals surface area contributed by atoms with Gasteiger partial charge in [-0.15, -0.1) is 0 Å². The van der Waals surface area contributed by atoms with Gasteiger partial charge in [-0.05, 0) is 29.8 Å². The van der Waals surface area contributed by atoms with Crippen LogP contribution in [0.5, 0.6) is 0 Å². The number of hydrogen-bond acceptors (Lipinski definition) is 5. The zero-order chi connectivity index (χ0) is 14.0. The molecule has 2 rings (SSSR count). The third-order valence-corrected chi connectivity index (χ3v) is 3.78. The molecule has 6 nitrogen and oxygen atoms in total. The van der Waals surface area contributed by atoms with Crippen LogP contribution < -0.4 is 10.5 Å². The second-order valence-electron chi connectivity index (χ2n) is 5.44. The molecule has 0 unspecified atom stereocenters. The predicted molar refractivity (Wildman–Crippen MR) is 77.5 cm³/mol. The molecule has 0 aromatic carbocycles. The van der Waals surface area contributed by atoms with Crippen molar-refractivity contribution < 1.29 is 5.11 Å². The SMILES string of the molecule is CC(C)(O)CN1CCN(c2nc[nH]c(=O)c2Br)CC1. The number of aliphatic hydroxyl groups is 1. The number of piperazine rings is 1. The van der Waals surface area contributed by atoms with Gasteiger partial charge in [-0.25, -0.2) is 4.98 Å². The monoisotopic (exact) mass is 330 g/mol. The van der Waals surface area contributed by atoms with E-state index in [1.54, 1.807) is 0 Å². The largest absolute Gasteiger partial charge is 0.389 e. The average Bonchev–Trinajstić information content (AvgIpc) is 2.32. The molecule has 0 spiro atoms. The van der Waals surface area contributed by atoms with Crippen LogP contribution in [0.2, 0.25) is 0 Å². The van der Waals surface area contributed by atoms with Crippen LogP contribution in [0.3, 0.4) is 0 Å². The molecule has 0 saturated carbocycles. The summed E-state index contributed by atoms with van der Waals surface area (Å²) in [5.41, 5.74) is -0.839. The number of aromatic nitrogens is 2. The van der Waals surface area contributed by atoms with Gasteiger partial charge in [0.2, 0.25) is 0 Å². The number of aromatic amines is 1. The van der Waals surface area contributed by atoms with Crippen molar-refractivity contribution in [2.24, 2.45) is 0 Å². The summed E-state index contributed by atoms with van der Waals surface area (Å²) in [6, 6.07) is 0.